The second-order valence-electron chi connectivity index (χ2n) is 6.41. The summed E-state index contributed by atoms with van der Waals surface area (Å²) in [6.07, 6.45) is 0.379. The van der Waals surface area contributed by atoms with Gasteiger partial charge in [0.15, 0.2) is 0 Å². The average Bonchev–Trinajstić information content (AvgIpc) is 2.59. The molecule has 0 saturated carbocycles. The maximum absolute atomic E-state index is 12.3. The molecular weight excluding hydrogens is 318 g/mol. The third-order valence-electron chi connectivity index (χ3n) is 4.59. The van der Waals surface area contributed by atoms with Crippen LogP contribution >= 0.6 is 0 Å². The van der Waals surface area contributed by atoms with Gasteiger partial charge in [-0.25, -0.2) is 0 Å². The summed E-state index contributed by atoms with van der Waals surface area (Å²) in [4.78, 5) is 27.9. The molecule has 0 aromatic heterocycles. The van der Waals surface area contributed by atoms with Crippen molar-refractivity contribution in [2.45, 2.75) is 27.2 Å². The maximum atomic E-state index is 12.3. The van der Waals surface area contributed by atoms with E-state index in [-0.39, 0.29) is 11.8 Å². The standard InChI is InChI=1S/C19H29N3O3/c1-4-20-18(23)14-21-9-11-22(12-10-21)19(24)8-13-25-17-7-5-6-15(2)16(17)3/h5-7H,4,8-14H2,1-3H3,(H,20,23). The Balaban J connectivity index is 1.70. The number of rotatable bonds is 7. The monoisotopic (exact) mass is 347 g/mol. The smallest absolute Gasteiger partial charge is 0.234 e. The number of hydrogen-bond donors (Lipinski definition) is 1. The topological polar surface area (TPSA) is 61.9 Å². The predicted octanol–water partition coefficient (Wildman–Crippen LogP) is 1.35. The zero-order valence-corrected chi connectivity index (χ0v) is 15.5. The number of ether oxygens (including phenoxy) is 1. The zero-order chi connectivity index (χ0) is 18.2. The molecule has 0 unspecified atom stereocenters. The van der Waals surface area contributed by atoms with Gasteiger partial charge < -0.3 is 15.0 Å². The van der Waals surface area contributed by atoms with Crippen LogP contribution in [0.3, 0.4) is 0 Å². The van der Waals surface area contributed by atoms with Crippen molar-refractivity contribution in [2.75, 3.05) is 45.9 Å². The molecule has 1 aliphatic rings. The zero-order valence-electron chi connectivity index (χ0n) is 15.5. The van der Waals surface area contributed by atoms with Crippen molar-refractivity contribution in [3.8, 4) is 5.75 Å². The van der Waals surface area contributed by atoms with E-state index in [1.807, 2.05) is 43.9 Å². The van der Waals surface area contributed by atoms with Crippen LogP contribution in [0.1, 0.15) is 24.5 Å². The minimum absolute atomic E-state index is 0.0456. The van der Waals surface area contributed by atoms with Gasteiger partial charge in [-0.15, -0.1) is 0 Å². The molecule has 1 fully saturated rings. The Labute approximate surface area is 150 Å². The number of benzene rings is 1. The molecule has 0 radical (unpaired) electrons. The number of nitrogens with one attached hydrogen (secondary N) is 1. The highest BCUT2D eigenvalue weighted by molar-refractivity contribution is 5.78. The van der Waals surface area contributed by atoms with Gasteiger partial charge in [0.2, 0.25) is 11.8 Å². The Morgan fingerprint density at radius 2 is 1.88 bits per heavy atom. The molecule has 6 heteroatoms. The molecule has 2 amide bonds. The number of carbonyl (C=O) groups excluding carboxylic acids is 2. The minimum atomic E-state index is 0.0456. The summed E-state index contributed by atoms with van der Waals surface area (Å²) in [5.41, 5.74) is 2.31. The van der Waals surface area contributed by atoms with Crippen LogP contribution < -0.4 is 10.1 Å². The van der Waals surface area contributed by atoms with E-state index in [2.05, 4.69) is 10.2 Å². The third kappa shape index (κ3) is 5.74. The van der Waals surface area contributed by atoms with Crippen LogP contribution in [-0.2, 0) is 9.59 Å². The first-order valence-corrected chi connectivity index (χ1v) is 8.97. The van der Waals surface area contributed by atoms with E-state index >= 15 is 0 Å². The van der Waals surface area contributed by atoms with Gasteiger partial charge in [0.1, 0.15) is 5.75 Å². The van der Waals surface area contributed by atoms with Gasteiger partial charge in [-0.1, -0.05) is 12.1 Å². The number of amides is 2. The van der Waals surface area contributed by atoms with Crippen molar-refractivity contribution in [3.05, 3.63) is 29.3 Å². The van der Waals surface area contributed by atoms with E-state index in [1.54, 1.807) is 0 Å². The molecule has 1 aromatic rings. The largest absolute Gasteiger partial charge is 0.493 e. The fourth-order valence-corrected chi connectivity index (χ4v) is 2.90. The van der Waals surface area contributed by atoms with Crippen molar-refractivity contribution >= 4 is 11.8 Å². The average molecular weight is 347 g/mol. The third-order valence-corrected chi connectivity index (χ3v) is 4.59. The van der Waals surface area contributed by atoms with E-state index in [1.165, 1.54) is 5.56 Å². The second-order valence-corrected chi connectivity index (χ2v) is 6.41. The lowest BCUT2D eigenvalue weighted by molar-refractivity contribution is -0.133. The van der Waals surface area contributed by atoms with Gasteiger partial charge in [0, 0.05) is 32.7 Å². The van der Waals surface area contributed by atoms with Gasteiger partial charge >= 0.3 is 0 Å². The number of nitrogens with zero attached hydrogens (tertiary/aromatic N) is 2. The minimum Gasteiger partial charge on any atom is -0.493 e. The number of aryl methyl sites for hydroxylation is 1. The first kappa shape index (κ1) is 19.2. The summed E-state index contributed by atoms with van der Waals surface area (Å²) in [6, 6.07) is 5.95. The van der Waals surface area contributed by atoms with Crippen molar-refractivity contribution in [1.82, 2.24) is 15.1 Å². The Morgan fingerprint density at radius 3 is 2.56 bits per heavy atom. The lowest BCUT2D eigenvalue weighted by Gasteiger charge is -2.34. The molecule has 138 valence electrons. The van der Waals surface area contributed by atoms with Crippen LogP contribution in [0.5, 0.6) is 5.75 Å². The Kier molecular flexibility index (Phi) is 7.25. The molecule has 0 atom stereocenters. The van der Waals surface area contributed by atoms with Gasteiger partial charge in [-0.2, -0.15) is 0 Å². The van der Waals surface area contributed by atoms with E-state index in [9.17, 15) is 9.59 Å². The molecule has 1 N–H and O–H groups in total. The molecular formula is C19H29N3O3. The molecule has 1 aromatic carbocycles. The van der Waals surface area contributed by atoms with Crippen molar-refractivity contribution in [2.24, 2.45) is 0 Å². The van der Waals surface area contributed by atoms with Crippen molar-refractivity contribution < 1.29 is 14.3 Å². The van der Waals surface area contributed by atoms with Crippen LogP contribution in [-0.4, -0.2) is 67.5 Å². The molecule has 25 heavy (non-hydrogen) atoms. The Bertz CT molecular complexity index is 596. The molecule has 0 aliphatic carbocycles. The summed E-state index contributed by atoms with van der Waals surface area (Å²) < 4.78 is 5.77. The molecule has 1 heterocycles. The van der Waals surface area contributed by atoms with E-state index in [0.29, 0.717) is 39.2 Å². The number of likely N-dealkylation sites (N-methyl/N-ethyl adjacent to an activating group) is 1. The highest BCUT2D eigenvalue weighted by atomic mass is 16.5. The molecule has 0 spiro atoms. The quantitative estimate of drug-likeness (QED) is 0.809. The SMILES string of the molecule is CCNC(=O)CN1CCN(C(=O)CCOc2cccc(C)c2C)CC1. The lowest BCUT2D eigenvalue weighted by Crippen LogP contribution is -2.51. The lowest BCUT2D eigenvalue weighted by atomic mass is 10.1. The molecule has 1 saturated heterocycles. The highest BCUT2D eigenvalue weighted by Gasteiger charge is 2.22. The summed E-state index contributed by atoms with van der Waals surface area (Å²) in [7, 11) is 0. The number of carbonyl (C=O) groups is 2. The van der Waals surface area contributed by atoms with Gasteiger partial charge in [0.25, 0.3) is 0 Å². The number of piperazine rings is 1. The first-order valence-electron chi connectivity index (χ1n) is 8.97. The van der Waals surface area contributed by atoms with Crippen LogP contribution in [0.4, 0.5) is 0 Å². The first-order chi connectivity index (χ1) is 12.0. The Morgan fingerprint density at radius 1 is 1.16 bits per heavy atom. The molecule has 2 rings (SSSR count). The summed E-state index contributed by atoms with van der Waals surface area (Å²) in [5.74, 6) is 1.01. The van der Waals surface area contributed by atoms with E-state index in [0.717, 1.165) is 24.4 Å². The highest BCUT2D eigenvalue weighted by Crippen LogP contribution is 2.20. The summed E-state index contributed by atoms with van der Waals surface area (Å²) in [5, 5.41) is 2.80. The van der Waals surface area contributed by atoms with Crippen LogP contribution in [0.25, 0.3) is 0 Å². The summed E-state index contributed by atoms with van der Waals surface area (Å²) >= 11 is 0. The normalized spacial score (nSPS) is 15.1. The fraction of sp³-hybridized carbons (Fsp3) is 0.579. The van der Waals surface area contributed by atoms with Crippen LogP contribution in [0, 0.1) is 13.8 Å². The Hall–Kier alpha value is -2.08. The van der Waals surface area contributed by atoms with Gasteiger partial charge in [-0.3, -0.25) is 14.5 Å². The number of hydrogen-bond acceptors (Lipinski definition) is 4. The van der Waals surface area contributed by atoms with Crippen molar-refractivity contribution in [3.63, 3.8) is 0 Å². The van der Waals surface area contributed by atoms with Crippen LogP contribution in [0.2, 0.25) is 0 Å². The maximum Gasteiger partial charge on any atom is 0.234 e. The van der Waals surface area contributed by atoms with Crippen LogP contribution in [0.15, 0.2) is 18.2 Å². The van der Waals surface area contributed by atoms with Gasteiger partial charge in [0.05, 0.1) is 19.6 Å². The van der Waals surface area contributed by atoms with E-state index in [4.69, 9.17) is 4.74 Å². The molecule has 0 bridgehead atoms. The van der Waals surface area contributed by atoms with E-state index < -0.39 is 0 Å². The predicted molar refractivity (Wildman–Crippen MR) is 97.7 cm³/mol. The van der Waals surface area contributed by atoms with Crippen molar-refractivity contribution in [1.29, 1.82) is 0 Å². The summed E-state index contributed by atoms with van der Waals surface area (Å²) in [6.45, 7) is 10.2. The molecule has 6 nitrogen and oxygen atoms in total. The molecule has 1 aliphatic heterocycles. The second kappa shape index (κ2) is 9.42. The van der Waals surface area contributed by atoms with Gasteiger partial charge in [-0.05, 0) is 38.0 Å². The fourth-order valence-electron chi connectivity index (χ4n) is 2.90.